The number of benzene rings is 2. The number of para-hydroxylation sites is 1. The second-order valence-electron chi connectivity index (χ2n) is 4.03. The van der Waals surface area contributed by atoms with Crippen LogP contribution in [0.25, 0.3) is 22.4 Å². The predicted molar refractivity (Wildman–Crippen MR) is 85.0 cm³/mol. The molecule has 0 aliphatic carbocycles. The summed E-state index contributed by atoms with van der Waals surface area (Å²) in [4.78, 5) is 4.54. The van der Waals surface area contributed by atoms with Crippen molar-refractivity contribution in [3.8, 4) is 0 Å². The molecule has 0 aliphatic heterocycles. The minimum Gasteiger partial charge on any atom is -0.237 e. The Balaban J connectivity index is 1.91. The van der Waals surface area contributed by atoms with E-state index < -0.39 is 0 Å². The van der Waals surface area contributed by atoms with Crippen molar-refractivity contribution in [3.63, 3.8) is 0 Å². The van der Waals surface area contributed by atoms with E-state index in [1.807, 2.05) is 42.5 Å². The summed E-state index contributed by atoms with van der Waals surface area (Å²) in [5, 5.41) is 2.11. The fourth-order valence-electron chi connectivity index (χ4n) is 1.74. The Hall–Kier alpha value is -1.35. The van der Waals surface area contributed by atoms with Crippen LogP contribution in [0.2, 0.25) is 10.0 Å². The molecule has 0 bridgehead atoms. The third-order valence-corrected chi connectivity index (χ3v) is 4.41. The van der Waals surface area contributed by atoms with Crippen LogP contribution < -0.4 is 0 Å². The lowest BCUT2D eigenvalue weighted by Gasteiger charge is -1.96. The molecule has 0 unspecified atom stereocenters. The molecule has 1 heterocycles. The second-order valence-corrected chi connectivity index (χ2v) is 5.90. The van der Waals surface area contributed by atoms with E-state index in [1.165, 1.54) is 4.70 Å². The van der Waals surface area contributed by atoms with Gasteiger partial charge in [-0.05, 0) is 35.9 Å². The van der Waals surface area contributed by atoms with Crippen molar-refractivity contribution in [1.29, 1.82) is 0 Å². The summed E-state index contributed by atoms with van der Waals surface area (Å²) in [6.07, 6.45) is 3.98. The molecule has 0 atom stereocenters. The maximum absolute atomic E-state index is 5.98. The molecule has 0 N–H and O–H groups in total. The molecule has 0 fully saturated rings. The van der Waals surface area contributed by atoms with Gasteiger partial charge in [0.1, 0.15) is 5.01 Å². The molecule has 2 aromatic carbocycles. The van der Waals surface area contributed by atoms with Gasteiger partial charge in [0.25, 0.3) is 0 Å². The molecule has 3 aromatic rings. The lowest BCUT2D eigenvalue weighted by Crippen LogP contribution is -1.74. The van der Waals surface area contributed by atoms with E-state index >= 15 is 0 Å². The van der Waals surface area contributed by atoms with Crippen molar-refractivity contribution < 1.29 is 0 Å². The Morgan fingerprint density at radius 1 is 0.947 bits per heavy atom. The van der Waals surface area contributed by atoms with Gasteiger partial charge in [0.05, 0.1) is 20.3 Å². The van der Waals surface area contributed by atoms with Gasteiger partial charge in [-0.2, -0.15) is 0 Å². The van der Waals surface area contributed by atoms with Crippen molar-refractivity contribution in [2.45, 2.75) is 0 Å². The highest BCUT2D eigenvalue weighted by atomic mass is 35.5. The molecule has 19 heavy (non-hydrogen) atoms. The molecule has 94 valence electrons. The van der Waals surface area contributed by atoms with Gasteiger partial charge in [-0.3, -0.25) is 0 Å². The van der Waals surface area contributed by atoms with Crippen LogP contribution in [0.15, 0.2) is 42.5 Å². The Morgan fingerprint density at radius 3 is 2.58 bits per heavy atom. The van der Waals surface area contributed by atoms with Crippen LogP contribution in [0.5, 0.6) is 0 Å². The van der Waals surface area contributed by atoms with E-state index in [2.05, 4.69) is 11.1 Å². The number of rotatable bonds is 2. The quantitative estimate of drug-likeness (QED) is 0.585. The summed E-state index contributed by atoms with van der Waals surface area (Å²) in [6.45, 7) is 0. The SMILES string of the molecule is Clc1ccc(/C=C/c2nc3ccccc3s2)cc1Cl. The van der Waals surface area contributed by atoms with Gasteiger partial charge in [-0.15, -0.1) is 11.3 Å². The van der Waals surface area contributed by atoms with Crippen molar-refractivity contribution in [1.82, 2.24) is 4.98 Å². The summed E-state index contributed by atoms with van der Waals surface area (Å²) >= 11 is 13.5. The number of nitrogens with zero attached hydrogens (tertiary/aromatic N) is 1. The van der Waals surface area contributed by atoms with Gasteiger partial charge in [0.2, 0.25) is 0 Å². The van der Waals surface area contributed by atoms with Crippen LogP contribution in [-0.4, -0.2) is 4.98 Å². The zero-order valence-corrected chi connectivity index (χ0v) is 12.1. The van der Waals surface area contributed by atoms with Crippen molar-refractivity contribution in [2.75, 3.05) is 0 Å². The normalized spacial score (nSPS) is 11.5. The molecule has 1 aromatic heterocycles. The minimum absolute atomic E-state index is 0.563. The average Bonchev–Trinajstić information content (AvgIpc) is 2.83. The standard InChI is InChI=1S/C15H9Cl2NS/c16-11-7-5-10(9-12(11)17)6-8-15-18-13-3-1-2-4-14(13)19-15/h1-9H/b8-6+. The van der Waals surface area contributed by atoms with E-state index in [0.717, 1.165) is 16.1 Å². The van der Waals surface area contributed by atoms with Crippen LogP contribution in [0, 0.1) is 0 Å². The number of aromatic nitrogens is 1. The van der Waals surface area contributed by atoms with Crippen LogP contribution in [0.3, 0.4) is 0 Å². The minimum atomic E-state index is 0.563. The van der Waals surface area contributed by atoms with Gasteiger partial charge in [0, 0.05) is 0 Å². The van der Waals surface area contributed by atoms with Gasteiger partial charge >= 0.3 is 0 Å². The molecule has 4 heteroatoms. The first kappa shape index (κ1) is 12.7. The van der Waals surface area contributed by atoms with Crippen LogP contribution in [-0.2, 0) is 0 Å². The van der Waals surface area contributed by atoms with Gasteiger partial charge in [0.15, 0.2) is 0 Å². The molecule has 0 saturated heterocycles. The molecule has 0 aliphatic rings. The number of hydrogen-bond acceptors (Lipinski definition) is 2. The van der Waals surface area contributed by atoms with E-state index in [-0.39, 0.29) is 0 Å². The van der Waals surface area contributed by atoms with Crippen molar-refractivity contribution in [2.24, 2.45) is 0 Å². The van der Waals surface area contributed by atoms with Gasteiger partial charge in [-0.1, -0.05) is 47.5 Å². The zero-order valence-electron chi connectivity index (χ0n) is 9.81. The van der Waals surface area contributed by atoms with Crippen LogP contribution in [0.4, 0.5) is 0 Å². The van der Waals surface area contributed by atoms with E-state index in [4.69, 9.17) is 23.2 Å². The molecule has 0 radical (unpaired) electrons. The van der Waals surface area contributed by atoms with Gasteiger partial charge in [-0.25, -0.2) is 4.98 Å². The number of halogens is 2. The smallest absolute Gasteiger partial charge is 0.117 e. The molecule has 0 spiro atoms. The maximum Gasteiger partial charge on any atom is 0.117 e. The Labute approximate surface area is 125 Å². The Bertz CT molecular complexity index is 729. The molecule has 0 saturated carbocycles. The molecule has 0 amide bonds. The molecular weight excluding hydrogens is 297 g/mol. The Morgan fingerprint density at radius 2 is 1.79 bits per heavy atom. The summed E-state index contributed by atoms with van der Waals surface area (Å²) in [6, 6.07) is 13.7. The first-order chi connectivity index (χ1) is 9.22. The first-order valence-electron chi connectivity index (χ1n) is 5.71. The number of thiazole rings is 1. The highest BCUT2D eigenvalue weighted by Gasteiger charge is 2.00. The predicted octanol–water partition coefficient (Wildman–Crippen LogP) is 5.77. The van der Waals surface area contributed by atoms with Gasteiger partial charge < -0.3 is 0 Å². The van der Waals surface area contributed by atoms with E-state index in [1.54, 1.807) is 17.4 Å². The van der Waals surface area contributed by atoms with E-state index in [9.17, 15) is 0 Å². The summed E-state index contributed by atoms with van der Waals surface area (Å²) in [5.74, 6) is 0. The summed E-state index contributed by atoms with van der Waals surface area (Å²) in [5.41, 5.74) is 2.04. The fraction of sp³-hybridized carbons (Fsp3) is 0. The maximum atomic E-state index is 5.98. The third-order valence-electron chi connectivity index (χ3n) is 2.67. The second kappa shape index (κ2) is 5.33. The lowest BCUT2D eigenvalue weighted by atomic mass is 10.2. The largest absolute Gasteiger partial charge is 0.237 e. The summed E-state index contributed by atoms with van der Waals surface area (Å²) < 4.78 is 1.19. The Kier molecular flexibility index (Phi) is 3.56. The van der Waals surface area contributed by atoms with Crippen LogP contribution >= 0.6 is 34.5 Å². The van der Waals surface area contributed by atoms with Crippen molar-refractivity contribution >= 4 is 56.9 Å². The van der Waals surface area contributed by atoms with Crippen molar-refractivity contribution in [3.05, 3.63) is 63.1 Å². The highest BCUT2D eigenvalue weighted by molar-refractivity contribution is 7.19. The number of fused-ring (bicyclic) bond motifs is 1. The number of hydrogen-bond donors (Lipinski definition) is 0. The first-order valence-corrected chi connectivity index (χ1v) is 7.28. The lowest BCUT2D eigenvalue weighted by molar-refractivity contribution is 1.46. The molecule has 1 nitrogen and oxygen atoms in total. The summed E-state index contributed by atoms with van der Waals surface area (Å²) in [7, 11) is 0. The molecule has 3 rings (SSSR count). The average molecular weight is 306 g/mol. The van der Waals surface area contributed by atoms with E-state index in [0.29, 0.717) is 10.0 Å². The fourth-order valence-corrected chi connectivity index (χ4v) is 2.92. The topological polar surface area (TPSA) is 12.9 Å². The monoisotopic (exact) mass is 305 g/mol. The molecular formula is C15H9Cl2NS. The third kappa shape index (κ3) is 2.81. The van der Waals surface area contributed by atoms with Crippen LogP contribution in [0.1, 0.15) is 10.6 Å². The zero-order chi connectivity index (χ0) is 13.2. The highest BCUT2D eigenvalue weighted by Crippen LogP contribution is 2.25.